The Morgan fingerprint density at radius 2 is 2.06 bits per heavy atom. The van der Waals surface area contributed by atoms with Crippen molar-refractivity contribution < 1.29 is 9.59 Å². The lowest BCUT2D eigenvalue weighted by Crippen LogP contribution is -2.51. The maximum Gasteiger partial charge on any atom is 0.324 e. The predicted octanol–water partition coefficient (Wildman–Crippen LogP) is 1.97. The normalized spacial score (nSPS) is 25.3. The molecule has 5 heteroatoms. The molecule has 1 heterocycles. The summed E-state index contributed by atoms with van der Waals surface area (Å²) in [6, 6.07) is -0.0748. The van der Waals surface area contributed by atoms with Crippen LogP contribution in [-0.2, 0) is 4.79 Å². The van der Waals surface area contributed by atoms with Crippen molar-refractivity contribution in [2.75, 3.05) is 12.4 Å². The van der Waals surface area contributed by atoms with Crippen LogP contribution in [-0.4, -0.2) is 35.3 Å². The molecule has 92 valence electrons. The van der Waals surface area contributed by atoms with Gasteiger partial charge in [0.1, 0.15) is 0 Å². The van der Waals surface area contributed by atoms with Crippen molar-refractivity contribution in [3.8, 4) is 0 Å². The Balaban J connectivity index is 2.48. The summed E-state index contributed by atoms with van der Waals surface area (Å²) in [5.41, 5.74) is 0. The molecule has 2 atom stereocenters. The third kappa shape index (κ3) is 3.67. The van der Waals surface area contributed by atoms with E-state index in [0.717, 1.165) is 19.4 Å². The smallest absolute Gasteiger partial charge is 0.321 e. The van der Waals surface area contributed by atoms with Crippen molar-refractivity contribution in [1.82, 2.24) is 10.2 Å². The van der Waals surface area contributed by atoms with E-state index in [1.54, 1.807) is 4.90 Å². The van der Waals surface area contributed by atoms with E-state index in [1.807, 2.05) is 6.92 Å². The number of imide groups is 1. The van der Waals surface area contributed by atoms with E-state index < -0.39 is 0 Å². The average molecular weight is 247 g/mol. The lowest BCUT2D eigenvalue weighted by molar-refractivity contribution is -0.119. The summed E-state index contributed by atoms with van der Waals surface area (Å²) >= 11 is 5.43. The number of likely N-dealkylation sites (tertiary alicyclic amines) is 1. The SMILES string of the molecule is CC1CCC(C)N(C(=O)NC(=O)CCCl)C1. The first-order valence-corrected chi connectivity index (χ1v) is 6.24. The number of nitrogens with one attached hydrogen (secondary N) is 1. The van der Waals surface area contributed by atoms with Gasteiger partial charge in [0.15, 0.2) is 0 Å². The molecule has 1 aliphatic heterocycles. The summed E-state index contributed by atoms with van der Waals surface area (Å²) in [6.45, 7) is 4.85. The van der Waals surface area contributed by atoms with Gasteiger partial charge in [-0.25, -0.2) is 4.79 Å². The summed E-state index contributed by atoms with van der Waals surface area (Å²) in [7, 11) is 0. The third-order valence-electron chi connectivity index (χ3n) is 2.95. The zero-order valence-corrected chi connectivity index (χ0v) is 10.6. The molecule has 3 amide bonds. The summed E-state index contributed by atoms with van der Waals surface area (Å²) in [5, 5.41) is 2.37. The fraction of sp³-hybridized carbons (Fsp3) is 0.818. The van der Waals surface area contributed by atoms with E-state index in [-0.39, 0.29) is 30.3 Å². The molecule has 1 fully saturated rings. The minimum absolute atomic E-state index is 0.186. The minimum Gasteiger partial charge on any atom is -0.321 e. The molecule has 0 aromatic heterocycles. The third-order valence-corrected chi connectivity index (χ3v) is 3.14. The maximum absolute atomic E-state index is 11.8. The number of piperidine rings is 1. The van der Waals surface area contributed by atoms with Crippen molar-refractivity contribution in [2.45, 2.75) is 39.2 Å². The van der Waals surface area contributed by atoms with Crippen LogP contribution in [0.5, 0.6) is 0 Å². The van der Waals surface area contributed by atoms with Crippen molar-refractivity contribution in [2.24, 2.45) is 5.92 Å². The Hall–Kier alpha value is -0.770. The molecule has 0 spiro atoms. The predicted molar refractivity (Wildman–Crippen MR) is 63.4 cm³/mol. The number of hydrogen-bond acceptors (Lipinski definition) is 2. The molecule has 0 bridgehead atoms. The van der Waals surface area contributed by atoms with Crippen LogP contribution >= 0.6 is 11.6 Å². The Bertz CT molecular complexity index is 271. The molecule has 16 heavy (non-hydrogen) atoms. The summed E-state index contributed by atoms with van der Waals surface area (Å²) in [6.07, 6.45) is 2.32. The molecule has 1 N–H and O–H groups in total. The van der Waals surface area contributed by atoms with Gasteiger partial charge in [-0.05, 0) is 25.7 Å². The van der Waals surface area contributed by atoms with Gasteiger partial charge in [0.25, 0.3) is 0 Å². The van der Waals surface area contributed by atoms with Crippen LogP contribution in [0.4, 0.5) is 4.79 Å². The van der Waals surface area contributed by atoms with Gasteiger partial charge < -0.3 is 4.90 Å². The molecular weight excluding hydrogens is 228 g/mol. The maximum atomic E-state index is 11.8. The number of urea groups is 1. The molecule has 0 radical (unpaired) electrons. The molecule has 0 saturated carbocycles. The number of hydrogen-bond donors (Lipinski definition) is 1. The highest BCUT2D eigenvalue weighted by atomic mass is 35.5. The number of halogens is 1. The van der Waals surface area contributed by atoms with Gasteiger partial charge in [-0.2, -0.15) is 0 Å². The Kier molecular flexibility index (Phi) is 5.06. The molecule has 2 unspecified atom stereocenters. The topological polar surface area (TPSA) is 49.4 Å². The van der Waals surface area contributed by atoms with Gasteiger partial charge in [-0.3, -0.25) is 10.1 Å². The second-order valence-corrected chi connectivity index (χ2v) is 4.85. The zero-order valence-electron chi connectivity index (χ0n) is 9.83. The Morgan fingerprint density at radius 3 is 2.69 bits per heavy atom. The van der Waals surface area contributed by atoms with Gasteiger partial charge >= 0.3 is 6.03 Å². The number of carbonyl (C=O) groups excluding carboxylic acids is 2. The van der Waals surface area contributed by atoms with Crippen LogP contribution in [0.3, 0.4) is 0 Å². The largest absolute Gasteiger partial charge is 0.324 e. The van der Waals surface area contributed by atoms with Gasteiger partial charge in [0.2, 0.25) is 5.91 Å². The summed E-state index contributed by atoms with van der Waals surface area (Å²) in [5.74, 6) is 0.445. The van der Waals surface area contributed by atoms with E-state index in [1.165, 1.54) is 0 Å². The van der Waals surface area contributed by atoms with Gasteiger partial charge in [0, 0.05) is 24.9 Å². The van der Waals surface area contributed by atoms with E-state index >= 15 is 0 Å². The number of alkyl halides is 1. The molecule has 0 aliphatic carbocycles. The van der Waals surface area contributed by atoms with Crippen LogP contribution in [0.2, 0.25) is 0 Å². The lowest BCUT2D eigenvalue weighted by Gasteiger charge is -2.36. The zero-order chi connectivity index (χ0) is 12.1. The van der Waals surface area contributed by atoms with Crippen molar-refractivity contribution >= 4 is 23.5 Å². The van der Waals surface area contributed by atoms with E-state index in [9.17, 15) is 9.59 Å². The molecule has 0 aromatic rings. The fourth-order valence-electron chi connectivity index (χ4n) is 1.91. The average Bonchev–Trinajstić information content (AvgIpc) is 2.21. The second-order valence-electron chi connectivity index (χ2n) is 4.48. The molecule has 4 nitrogen and oxygen atoms in total. The molecule has 1 saturated heterocycles. The molecule has 1 aliphatic rings. The van der Waals surface area contributed by atoms with Crippen molar-refractivity contribution in [1.29, 1.82) is 0 Å². The van der Waals surface area contributed by atoms with Gasteiger partial charge in [0.05, 0.1) is 0 Å². The van der Waals surface area contributed by atoms with Crippen molar-refractivity contribution in [3.63, 3.8) is 0 Å². The Labute approximate surface area is 101 Å². The minimum atomic E-state index is -0.301. The van der Waals surface area contributed by atoms with E-state index in [4.69, 9.17) is 11.6 Å². The first-order chi connectivity index (χ1) is 7.54. The number of rotatable bonds is 2. The van der Waals surface area contributed by atoms with Gasteiger partial charge in [-0.1, -0.05) is 6.92 Å². The molecule has 0 aromatic carbocycles. The van der Waals surface area contributed by atoms with Crippen LogP contribution < -0.4 is 5.32 Å². The fourth-order valence-corrected chi connectivity index (χ4v) is 2.08. The van der Waals surface area contributed by atoms with Gasteiger partial charge in [-0.15, -0.1) is 11.6 Å². The van der Waals surface area contributed by atoms with Crippen LogP contribution in [0.15, 0.2) is 0 Å². The first-order valence-electron chi connectivity index (χ1n) is 5.71. The lowest BCUT2D eigenvalue weighted by atomic mass is 9.95. The quantitative estimate of drug-likeness (QED) is 0.758. The van der Waals surface area contributed by atoms with Crippen LogP contribution in [0.1, 0.15) is 33.1 Å². The Morgan fingerprint density at radius 1 is 1.38 bits per heavy atom. The second kappa shape index (κ2) is 6.09. The summed E-state index contributed by atoms with van der Waals surface area (Å²) in [4.78, 5) is 24.8. The monoisotopic (exact) mass is 246 g/mol. The summed E-state index contributed by atoms with van der Waals surface area (Å²) < 4.78 is 0. The van der Waals surface area contributed by atoms with Crippen LogP contribution in [0, 0.1) is 5.92 Å². The number of nitrogens with zero attached hydrogens (tertiary/aromatic N) is 1. The number of carbonyl (C=O) groups is 2. The number of amides is 3. The molecular formula is C11H19ClN2O2. The highest BCUT2D eigenvalue weighted by molar-refractivity contribution is 6.19. The van der Waals surface area contributed by atoms with Crippen molar-refractivity contribution in [3.05, 3.63) is 0 Å². The molecule has 1 rings (SSSR count). The highest BCUT2D eigenvalue weighted by Gasteiger charge is 2.27. The van der Waals surface area contributed by atoms with E-state index in [0.29, 0.717) is 5.92 Å². The van der Waals surface area contributed by atoms with Crippen LogP contribution in [0.25, 0.3) is 0 Å². The first kappa shape index (κ1) is 13.3. The van der Waals surface area contributed by atoms with E-state index in [2.05, 4.69) is 12.2 Å². The standard InChI is InChI=1S/C11H19ClN2O2/c1-8-3-4-9(2)14(7-8)11(16)13-10(15)5-6-12/h8-9H,3-7H2,1-2H3,(H,13,15,16). The highest BCUT2D eigenvalue weighted by Crippen LogP contribution is 2.21.